The standard InChI is InChI=1S/C20H22N4O2S/c1-11-6-12(2)17(13(3)7-11)23-16(25)10-27-19-15(9-22)20(4,5)14(8-21)18(26)24-19/h6-7,14H,10H2,1-5H3,(H,23,25)(H,24,26)/t14-/m1/s1. The van der Waals surface area contributed by atoms with Crippen LogP contribution in [0.3, 0.4) is 0 Å². The second-order valence-electron chi connectivity index (χ2n) is 7.20. The number of allylic oxidation sites excluding steroid dienone is 1. The number of thioether (sulfide) groups is 1. The number of amides is 2. The lowest BCUT2D eigenvalue weighted by Crippen LogP contribution is -2.44. The van der Waals surface area contributed by atoms with Gasteiger partial charge in [-0.05, 0) is 31.9 Å². The highest BCUT2D eigenvalue weighted by Crippen LogP contribution is 2.41. The smallest absolute Gasteiger partial charge is 0.243 e. The van der Waals surface area contributed by atoms with Crippen LogP contribution in [0.15, 0.2) is 22.7 Å². The molecule has 0 aromatic heterocycles. The predicted octanol–water partition coefficient (Wildman–Crippen LogP) is 3.31. The zero-order valence-electron chi connectivity index (χ0n) is 16.1. The molecule has 0 saturated heterocycles. The van der Waals surface area contributed by atoms with Gasteiger partial charge in [0.2, 0.25) is 11.8 Å². The number of nitrogens with one attached hydrogen (secondary N) is 2. The first-order valence-corrected chi connectivity index (χ1v) is 9.46. The monoisotopic (exact) mass is 382 g/mol. The van der Waals surface area contributed by atoms with Crippen LogP contribution in [0.2, 0.25) is 0 Å². The Morgan fingerprint density at radius 1 is 1.26 bits per heavy atom. The lowest BCUT2D eigenvalue weighted by molar-refractivity contribution is -0.125. The minimum atomic E-state index is -0.941. The van der Waals surface area contributed by atoms with Crippen molar-refractivity contribution >= 4 is 29.3 Å². The van der Waals surface area contributed by atoms with E-state index in [0.29, 0.717) is 10.6 Å². The highest BCUT2D eigenvalue weighted by molar-refractivity contribution is 8.03. The molecule has 1 aliphatic heterocycles. The molecule has 2 rings (SSSR count). The van der Waals surface area contributed by atoms with Crippen molar-refractivity contribution in [2.45, 2.75) is 34.6 Å². The van der Waals surface area contributed by atoms with Gasteiger partial charge in [-0.1, -0.05) is 43.3 Å². The molecular weight excluding hydrogens is 360 g/mol. The highest BCUT2D eigenvalue weighted by atomic mass is 32.2. The number of nitriles is 2. The average molecular weight is 382 g/mol. The summed E-state index contributed by atoms with van der Waals surface area (Å²) in [5.74, 6) is -1.58. The van der Waals surface area contributed by atoms with Crippen molar-refractivity contribution < 1.29 is 9.59 Å². The number of carbonyl (C=O) groups is 2. The van der Waals surface area contributed by atoms with Gasteiger partial charge in [0.05, 0.1) is 28.5 Å². The Hall–Kier alpha value is -2.77. The number of benzene rings is 1. The van der Waals surface area contributed by atoms with Crippen LogP contribution in [-0.4, -0.2) is 17.6 Å². The van der Waals surface area contributed by atoms with Gasteiger partial charge in [-0.3, -0.25) is 9.59 Å². The summed E-state index contributed by atoms with van der Waals surface area (Å²) in [6.45, 7) is 9.25. The largest absolute Gasteiger partial charge is 0.325 e. The molecule has 6 nitrogen and oxygen atoms in total. The first kappa shape index (κ1) is 20.5. The first-order valence-electron chi connectivity index (χ1n) is 8.47. The molecule has 2 N–H and O–H groups in total. The van der Waals surface area contributed by atoms with E-state index in [2.05, 4.69) is 16.7 Å². The molecular formula is C20H22N4O2S. The van der Waals surface area contributed by atoms with Crippen LogP contribution in [0.25, 0.3) is 0 Å². The predicted molar refractivity (Wildman–Crippen MR) is 105 cm³/mol. The van der Waals surface area contributed by atoms with Crippen molar-refractivity contribution in [2.75, 3.05) is 11.1 Å². The summed E-state index contributed by atoms with van der Waals surface area (Å²) in [6, 6.07) is 8.04. The van der Waals surface area contributed by atoms with Gasteiger partial charge < -0.3 is 10.6 Å². The van der Waals surface area contributed by atoms with Gasteiger partial charge in [0.15, 0.2) is 0 Å². The van der Waals surface area contributed by atoms with Crippen LogP contribution < -0.4 is 10.6 Å². The van der Waals surface area contributed by atoms with Gasteiger partial charge >= 0.3 is 0 Å². The third-order valence-electron chi connectivity index (χ3n) is 4.62. The summed E-state index contributed by atoms with van der Waals surface area (Å²) in [5.41, 5.74) is 3.26. The molecule has 0 radical (unpaired) electrons. The maximum atomic E-state index is 12.4. The van der Waals surface area contributed by atoms with Crippen molar-refractivity contribution in [1.82, 2.24) is 5.32 Å². The normalized spacial score (nSPS) is 18.3. The first-order chi connectivity index (χ1) is 12.6. The van der Waals surface area contributed by atoms with Gasteiger partial charge in [-0.15, -0.1) is 0 Å². The molecule has 27 heavy (non-hydrogen) atoms. The molecule has 2 amide bonds. The number of anilines is 1. The van der Waals surface area contributed by atoms with Crippen LogP contribution >= 0.6 is 11.8 Å². The molecule has 140 valence electrons. The van der Waals surface area contributed by atoms with Crippen molar-refractivity contribution in [3.63, 3.8) is 0 Å². The molecule has 0 spiro atoms. The Labute approximate surface area is 163 Å². The zero-order valence-corrected chi connectivity index (χ0v) is 16.9. The Bertz CT molecular complexity index is 896. The summed E-state index contributed by atoms with van der Waals surface area (Å²) in [4.78, 5) is 24.6. The SMILES string of the molecule is Cc1cc(C)c(NC(=O)CSC2=C(C#N)C(C)(C)[C@H](C#N)C(=O)N2)c(C)c1. The van der Waals surface area contributed by atoms with E-state index in [0.717, 1.165) is 34.1 Å². The van der Waals surface area contributed by atoms with Crippen molar-refractivity contribution in [2.24, 2.45) is 11.3 Å². The molecule has 0 saturated carbocycles. The van der Waals surface area contributed by atoms with Crippen molar-refractivity contribution in [3.05, 3.63) is 39.4 Å². The third kappa shape index (κ3) is 4.15. The van der Waals surface area contributed by atoms with Crippen molar-refractivity contribution in [1.29, 1.82) is 10.5 Å². The van der Waals surface area contributed by atoms with E-state index >= 15 is 0 Å². The van der Waals surface area contributed by atoms with Gasteiger partial charge in [0, 0.05) is 11.1 Å². The minimum absolute atomic E-state index is 0.0425. The van der Waals surface area contributed by atoms with Gasteiger partial charge in [0.1, 0.15) is 5.92 Å². The topological polar surface area (TPSA) is 106 Å². The highest BCUT2D eigenvalue weighted by Gasteiger charge is 2.44. The van der Waals surface area contributed by atoms with Crippen LogP contribution in [0.4, 0.5) is 5.69 Å². The van der Waals surface area contributed by atoms with Gasteiger partial charge in [-0.25, -0.2) is 0 Å². The van der Waals surface area contributed by atoms with Crippen LogP contribution in [-0.2, 0) is 9.59 Å². The van der Waals surface area contributed by atoms with E-state index in [4.69, 9.17) is 0 Å². The maximum Gasteiger partial charge on any atom is 0.243 e. The fourth-order valence-electron chi connectivity index (χ4n) is 3.22. The van der Waals surface area contributed by atoms with Gasteiger partial charge in [-0.2, -0.15) is 10.5 Å². The second-order valence-corrected chi connectivity index (χ2v) is 8.19. The third-order valence-corrected chi connectivity index (χ3v) is 5.62. The van der Waals surface area contributed by atoms with Crippen LogP contribution in [0.5, 0.6) is 0 Å². The summed E-state index contributed by atoms with van der Waals surface area (Å²) in [5, 5.41) is 24.6. The van der Waals surface area contributed by atoms with E-state index in [-0.39, 0.29) is 11.7 Å². The Kier molecular flexibility index (Phi) is 5.98. The molecule has 0 aliphatic carbocycles. The Balaban J connectivity index is 2.17. The molecule has 1 atom stereocenters. The molecule has 1 aromatic rings. The summed E-state index contributed by atoms with van der Waals surface area (Å²) in [6.07, 6.45) is 0. The van der Waals surface area contributed by atoms with E-state index in [1.54, 1.807) is 13.8 Å². The lowest BCUT2D eigenvalue weighted by atomic mass is 9.72. The summed E-state index contributed by atoms with van der Waals surface area (Å²) >= 11 is 1.09. The lowest BCUT2D eigenvalue weighted by Gasteiger charge is -2.34. The number of hydrogen-bond acceptors (Lipinski definition) is 5. The van der Waals surface area contributed by atoms with E-state index in [1.807, 2.05) is 39.0 Å². The summed E-state index contributed by atoms with van der Waals surface area (Å²) < 4.78 is 0. The second kappa shape index (κ2) is 7.85. The average Bonchev–Trinajstić information content (AvgIpc) is 2.55. The number of aryl methyl sites for hydroxylation is 3. The quantitative estimate of drug-likeness (QED) is 0.831. The van der Waals surface area contributed by atoms with Crippen molar-refractivity contribution in [3.8, 4) is 12.1 Å². The van der Waals surface area contributed by atoms with E-state index in [9.17, 15) is 20.1 Å². The van der Waals surface area contributed by atoms with Gasteiger partial charge in [0.25, 0.3) is 0 Å². The fraction of sp³-hybridized carbons (Fsp3) is 0.400. The molecule has 0 bridgehead atoms. The zero-order chi connectivity index (χ0) is 20.4. The van der Waals surface area contributed by atoms with E-state index < -0.39 is 17.2 Å². The number of carbonyl (C=O) groups excluding carboxylic acids is 2. The minimum Gasteiger partial charge on any atom is -0.325 e. The maximum absolute atomic E-state index is 12.4. The Morgan fingerprint density at radius 2 is 1.85 bits per heavy atom. The molecule has 1 aromatic carbocycles. The van der Waals surface area contributed by atoms with E-state index in [1.165, 1.54) is 0 Å². The molecule has 7 heteroatoms. The number of rotatable bonds is 4. The number of nitrogens with zero attached hydrogens (tertiary/aromatic N) is 2. The van der Waals surface area contributed by atoms with Crippen LogP contribution in [0.1, 0.15) is 30.5 Å². The molecule has 0 fully saturated rings. The number of hydrogen-bond donors (Lipinski definition) is 2. The summed E-state index contributed by atoms with van der Waals surface area (Å²) in [7, 11) is 0. The fourth-order valence-corrected chi connectivity index (χ4v) is 4.20. The molecule has 1 aliphatic rings. The molecule has 0 unspecified atom stereocenters. The Morgan fingerprint density at radius 3 is 2.37 bits per heavy atom. The molecule has 1 heterocycles. The van der Waals surface area contributed by atoms with Crippen LogP contribution in [0, 0.1) is 54.8 Å².